The number of benzene rings is 1. The van der Waals surface area contributed by atoms with E-state index in [-0.39, 0.29) is 12.1 Å². The van der Waals surface area contributed by atoms with Gasteiger partial charge in [0.15, 0.2) is 0 Å². The first-order valence-electron chi connectivity index (χ1n) is 7.62. The van der Waals surface area contributed by atoms with Crippen LogP contribution in [0, 0.1) is 0 Å². The molecule has 0 saturated heterocycles. The lowest BCUT2D eigenvalue weighted by Crippen LogP contribution is -2.17. The zero-order valence-corrected chi connectivity index (χ0v) is 13.1. The maximum Gasteiger partial charge on any atom is 0.120 e. The van der Waals surface area contributed by atoms with Gasteiger partial charge in [-0.15, -0.1) is 0 Å². The number of aryl methyl sites for hydroxylation is 1. The Morgan fingerprint density at radius 1 is 1.33 bits per heavy atom. The van der Waals surface area contributed by atoms with Crippen LogP contribution in [0.25, 0.3) is 0 Å². The fraction of sp³-hybridized carbons (Fsp3) is 0.471. The largest absolute Gasteiger partial charge is 0.491 e. The van der Waals surface area contributed by atoms with Gasteiger partial charge in [-0.25, -0.2) is 4.98 Å². The van der Waals surface area contributed by atoms with Crippen molar-refractivity contribution in [2.24, 2.45) is 5.73 Å². The van der Waals surface area contributed by atoms with Crippen molar-refractivity contribution in [2.45, 2.75) is 52.3 Å². The third kappa shape index (κ3) is 4.33. The van der Waals surface area contributed by atoms with Crippen molar-refractivity contribution in [3.05, 3.63) is 48.0 Å². The van der Waals surface area contributed by atoms with E-state index in [1.165, 1.54) is 0 Å². The van der Waals surface area contributed by atoms with Gasteiger partial charge < -0.3 is 15.0 Å². The maximum atomic E-state index is 6.34. The molecule has 21 heavy (non-hydrogen) atoms. The summed E-state index contributed by atoms with van der Waals surface area (Å²) in [6, 6.07) is 7.96. The van der Waals surface area contributed by atoms with Crippen LogP contribution in [-0.4, -0.2) is 15.7 Å². The summed E-state index contributed by atoms with van der Waals surface area (Å²) in [5, 5.41) is 0. The highest BCUT2D eigenvalue weighted by Gasteiger charge is 2.12. The van der Waals surface area contributed by atoms with Crippen LogP contribution >= 0.6 is 0 Å². The quantitative estimate of drug-likeness (QED) is 0.850. The monoisotopic (exact) mass is 287 g/mol. The van der Waals surface area contributed by atoms with Gasteiger partial charge in [0.25, 0.3) is 0 Å². The van der Waals surface area contributed by atoms with Crippen molar-refractivity contribution in [3.63, 3.8) is 0 Å². The Morgan fingerprint density at radius 2 is 2.14 bits per heavy atom. The number of imidazole rings is 1. The lowest BCUT2D eigenvalue weighted by molar-refractivity contribution is 0.242. The molecule has 2 N–H and O–H groups in total. The van der Waals surface area contributed by atoms with Crippen LogP contribution in [0.4, 0.5) is 0 Å². The molecule has 0 aliphatic heterocycles. The van der Waals surface area contributed by atoms with Crippen molar-refractivity contribution in [3.8, 4) is 5.75 Å². The normalized spacial score (nSPS) is 12.6. The number of hydrogen-bond donors (Lipinski definition) is 1. The highest BCUT2D eigenvalue weighted by molar-refractivity contribution is 5.31. The average Bonchev–Trinajstić information content (AvgIpc) is 2.86. The van der Waals surface area contributed by atoms with Gasteiger partial charge in [0.2, 0.25) is 0 Å². The fourth-order valence-electron chi connectivity index (χ4n) is 2.38. The lowest BCUT2D eigenvalue weighted by Gasteiger charge is -2.15. The average molecular weight is 287 g/mol. The molecule has 0 radical (unpaired) electrons. The van der Waals surface area contributed by atoms with Crippen molar-refractivity contribution < 1.29 is 4.74 Å². The van der Waals surface area contributed by atoms with Crippen molar-refractivity contribution >= 4 is 0 Å². The van der Waals surface area contributed by atoms with Gasteiger partial charge in [0.1, 0.15) is 11.6 Å². The number of ether oxygens (including phenoxy) is 1. The minimum absolute atomic E-state index is 0.0706. The predicted octanol–water partition coefficient (Wildman–Crippen LogP) is 3.32. The first-order chi connectivity index (χ1) is 10.1. The molecule has 0 fully saturated rings. The lowest BCUT2D eigenvalue weighted by atomic mass is 10.0. The predicted molar refractivity (Wildman–Crippen MR) is 85.4 cm³/mol. The molecule has 1 aromatic carbocycles. The summed E-state index contributed by atoms with van der Waals surface area (Å²) in [7, 11) is 0. The van der Waals surface area contributed by atoms with E-state index >= 15 is 0 Å². The summed E-state index contributed by atoms with van der Waals surface area (Å²) in [5.41, 5.74) is 7.42. The smallest absolute Gasteiger partial charge is 0.120 e. The standard InChI is InChI=1S/C17H25N3O/c1-4-9-20-10-8-19-17(20)12-16(18)14-6-5-7-15(11-14)21-13(2)3/h5-8,10-11,13,16H,4,9,12,18H2,1-3H3. The van der Waals surface area contributed by atoms with Crippen LogP contribution in [-0.2, 0) is 13.0 Å². The molecule has 114 valence electrons. The molecule has 0 spiro atoms. The van der Waals surface area contributed by atoms with E-state index in [1.54, 1.807) is 0 Å². The van der Waals surface area contributed by atoms with E-state index in [9.17, 15) is 0 Å². The van der Waals surface area contributed by atoms with Gasteiger partial charge in [-0.05, 0) is 38.0 Å². The van der Waals surface area contributed by atoms with Crippen LogP contribution < -0.4 is 10.5 Å². The molecular formula is C17H25N3O. The van der Waals surface area contributed by atoms with E-state index < -0.39 is 0 Å². The number of aromatic nitrogens is 2. The second-order valence-corrected chi connectivity index (χ2v) is 5.59. The van der Waals surface area contributed by atoms with E-state index in [4.69, 9.17) is 10.5 Å². The minimum atomic E-state index is -0.0706. The molecule has 1 aromatic heterocycles. The Kier molecular flexibility index (Phi) is 5.39. The number of rotatable bonds is 7. The van der Waals surface area contributed by atoms with E-state index in [0.717, 1.165) is 36.5 Å². The molecule has 0 bridgehead atoms. The van der Waals surface area contributed by atoms with Crippen LogP contribution in [0.3, 0.4) is 0 Å². The van der Waals surface area contributed by atoms with Crippen LogP contribution in [0.2, 0.25) is 0 Å². The Bertz CT molecular complexity index is 563. The summed E-state index contributed by atoms with van der Waals surface area (Å²) in [5.74, 6) is 1.91. The SMILES string of the molecule is CCCn1ccnc1CC(N)c1cccc(OC(C)C)c1. The zero-order valence-electron chi connectivity index (χ0n) is 13.1. The molecule has 2 rings (SSSR count). The fourth-order valence-corrected chi connectivity index (χ4v) is 2.38. The van der Waals surface area contributed by atoms with Crippen LogP contribution in [0.5, 0.6) is 5.75 Å². The molecule has 1 unspecified atom stereocenters. The molecule has 0 aliphatic rings. The van der Waals surface area contributed by atoms with E-state index in [2.05, 4.69) is 16.5 Å². The Balaban J connectivity index is 2.09. The zero-order chi connectivity index (χ0) is 15.2. The molecule has 4 nitrogen and oxygen atoms in total. The summed E-state index contributed by atoms with van der Waals surface area (Å²) >= 11 is 0. The van der Waals surface area contributed by atoms with E-state index in [1.807, 2.05) is 50.5 Å². The molecule has 0 saturated carbocycles. The van der Waals surface area contributed by atoms with Gasteiger partial charge in [-0.1, -0.05) is 19.1 Å². The summed E-state index contributed by atoms with van der Waals surface area (Å²) in [6.07, 6.45) is 5.86. The van der Waals surface area contributed by atoms with Crippen molar-refractivity contribution in [1.82, 2.24) is 9.55 Å². The molecule has 1 heterocycles. The number of nitrogens with two attached hydrogens (primary N) is 1. The highest BCUT2D eigenvalue weighted by Crippen LogP contribution is 2.21. The second kappa shape index (κ2) is 7.27. The van der Waals surface area contributed by atoms with Gasteiger partial charge >= 0.3 is 0 Å². The molecule has 0 amide bonds. The Labute approximate surface area is 127 Å². The van der Waals surface area contributed by atoms with Gasteiger partial charge in [-0.3, -0.25) is 0 Å². The van der Waals surface area contributed by atoms with Crippen molar-refractivity contribution in [1.29, 1.82) is 0 Å². The van der Waals surface area contributed by atoms with Crippen LogP contribution in [0.1, 0.15) is 44.6 Å². The number of nitrogens with zero attached hydrogens (tertiary/aromatic N) is 2. The Morgan fingerprint density at radius 3 is 2.86 bits per heavy atom. The third-order valence-corrected chi connectivity index (χ3v) is 3.33. The molecule has 0 aliphatic carbocycles. The maximum absolute atomic E-state index is 6.34. The summed E-state index contributed by atoms with van der Waals surface area (Å²) in [4.78, 5) is 4.42. The summed E-state index contributed by atoms with van der Waals surface area (Å²) < 4.78 is 7.90. The first kappa shape index (κ1) is 15.6. The van der Waals surface area contributed by atoms with Gasteiger partial charge in [0.05, 0.1) is 6.10 Å². The number of hydrogen-bond acceptors (Lipinski definition) is 3. The first-order valence-corrected chi connectivity index (χ1v) is 7.62. The molecular weight excluding hydrogens is 262 g/mol. The second-order valence-electron chi connectivity index (χ2n) is 5.59. The topological polar surface area (TPSA) is 53.1 Å². The molecule has 2 aromatic rings. The Hall–Kier alpha value is -1.81. The highest BCUT2D eigenvalue weighted by atomic mass is 16.5. The van der Waals surface area contributed by atoms with E-state index in [0.29, 0.717) is 0 Å². The molecule has 4 heteroatoms. The van der Waals surface area contributed by atoms with Crippen molar-refractivity contribution in [2.75, 3.05) is 0 Å². The molecule has 1 atom stereocenters. The van der Waals surface area contributed by atoms with Gasteiger partial charge in [-0.2, -0.15) is 0 Å². The minimum Gasteiger partial charge on any atom is -0.491 e. The van der Waals surface area contributed by atoms with Gasteiger partial charge in [0, 0.05) is 31.4 Å². The van der Waals surface area contributed by atoms with Crippen LogP contribution in [0.15, 0.2) is 36.7 Å². The summed E-state index contributed by atoms with van der Waals surface area (Å²) in [6.45, 7) is 7.19. The third-order valence-electron chi connectivity index (χ3n) is 3.33.